The molecule has 1 heterocycles. The summed E-state index contributed by atoms with van der Waals surface area (Å²) in [4.78, 5) is 24.8. The van der Waals surface area contributed by atoms with Crippen LogP contribution in [0, 0.1) is 6.92 Å². The van der Waals surface area contributed by atoms with Crippen molar-refractivity contribution in [2.45, 2.75) is 12.1 Å². The molecule has 33 heavy (non-hydrogen) atoms. The van der Waals surface area contributed by atoms with E-state index in [1.807, 2.05) is 85.3 Å². The number of thioether (sulfide) groups is 1. The van der Waals surface area contributed by atoms with Crippen molar-refractivity contribution in [3.8, 4) is 11.4 Å². The third kappa shape index (κ3) is 5.48. The molecule has 0 bridgehead atoms. The number of aryl methyl sites for hydroxylation is 1. The average Bonchev–Trinajstić information content (AvgIpc) is 3.20. The van der Waals surface area contributed by atoms with Gasteiger partial charge in [0.2, 0.25) is 5.91 Å². The van der Waals surface area contributed by atoms with Gasteiger partial charge in [-0.15, -0.1) is 10.2 Å². The second-order valence-corrected chi connectivity index (χ2v) is 8.36. The fourth-order valence-corrected chi connectivity index (χ4v) is 3.96. The first-order chi connectivity index (χ1) is 16.0. The van der Waals surface area contributed by atoms with E-state index in [1.54, 1.807) is 12.1 Å². The molecule has 7 nitrogen and oxygen atoms in total. The Labute approximate surface area is 196 Å². The van der Waals surface area contributed by atoms with E-state index in [9.17, 15) is 9.59 Å². The number of hydrogen-bond acceptors (Lipinski definition) is 5. The lowest BCUT2D eigenvalue weighted by Gasteiger charge is -2.09. The molecule has 4 rings (SSSR count). The molecule has 8 heteroatoms. The third-order valence-corrected chi connectivity index (χ3v) is 6.02. The average molecular weight is 458 g/mol. The van der Waals surface area contributed by atoms with Crippen LogP contribution in [0.4, 0.5) is 11.4 Å². The summed E-state index contributed by atoms with van der Waals surface area (Å²) in [5, 5.41) is 15.0. The first-order valence-corrected chi connectivity index (χ1v) is 11.3. The van der Waals surface area contributed by atoms with Gasteiger partial charge in [-0.25, -0.2) is 0 Å². The number of hydrogen-bond donors (Lipinski definition) is 2. The van der Waals surface area contributed by atoms with Gasteiger partial charge < -0.3 is 15.2 Å². The molecule has 0 spiro atoms. The van der Waals surface area contributed by atoms with E-state index in [-0.39, 0.29) is 17.6 Å². The lowest BCUT2D eigenvalue weighted by Crippen LogP contribution is -2.15. The maximum atomic E-state index is 12.4. The number of carbonyl (C=O) groups excluding carboxylic acids is 2. The number of carbonyl (C=O) groups is 2. The summed E-state index contributed by atoms with van der Waals surface area (Å²) in [6, 6.07) is 24.1. The molecule has 0 aliphatic carbocycles. The highest BCUT2D eigenvalue weighted by atomic mass is 32.2. The van der Waals surface area contributed by atoms with E-state index in [1.165, 1.54) is 11.8 Å². The molecule has 0 atom stereocenters. The number of para-hydroxylation sites is 1. The molecule has 4 aromatic rings. The summed E-state index contributed by atoms with van der Waals surface area (Å²) < 4.78 is 1.84. The third-order valence-electron chi connectivity index (χ3n) is 5.00. The number of nitrogens with zero attached hydrogens (tertiary/aromatic N) is 3. The Kier molecular flexibility index (Phi) is 6.85. The minimum atomic E-state index is -0.179. The number of rotatable bonds is 7. The van der Waals surface area contributed by atoms with Crippen LogP contribution in [-0.2, 0) is 11.8 Å². The standard InChI is InChI=1S/C25H23N5O2S/c1-17-9-6-7-14-21(17)27-22(31)16-33-25-29-28-23(30(25)2)19-12-8-13-20(15-19)26-24(32)18-10-4-3-5-11-18/h3-15H,16H2,1-2H3,(H,26,32)(H,27,31). The van der Waals surface area contributed by atoms with Gasteiger partial charge in [0.15, 0.2) is 11.0 Å². The Morgan fingerprint density at radius 2 is 1.67 bits per heavy atom. The van der Waals surface area contributed by atoms with Crippen molar-refractivity contribution in [3.63, 3.8) is 0 Å². The maximum absolute atomic E-state index is 12.4. The van der Waals surface area contributed by atoms with Crippen LogP contribution < -0.4 is 10.6 Å². The zero-order valence-corrected chi connectivity index (χ0v) is 19.1. The Balaban J connectivity index is 1.42. The van der Waals surface area contributed by atoms with Crippen LogP contribution in [0.5, 0.6) is 0 Å². The highest BCUT2D eigenvalue weighted by molar-refractivity contribution is 7.99. The quantitative estimate of drug-likeness (QED) is 0.390. The molecule has 0 saturated carbocycles. The minimum Gasteiger partial charge on any atom is -0.325 e. The van der Waals surface area contributed by atoms with Gasteiger partial charge in [-0.3, -0.25) is 9.59 Å². The van der Waals surface area contributed by atoms with Crippen LogP contribution in [0.3, 0.4) is 0 Å². The van der Waals surface area contributed by atoms with Gasteiger partial charge in [0, 0.05) is 29.5 Å². The van der Waals surface area contributed by atoms with Crippen LogP contribution in [-0.4, -0.2) is 32.3 Å². The predicted octanol–water partition coefficient (Wildman–Crippen LogP) is 4.77. The highest BCUT2D eigenvalue weighted by Crippen LogP contribution is 2.25. The van der Waals surface area contributed by atoms with Crippen LogP contribution in [0.2, 0.25) is 0 Å². The Bertz CT molecular complexity index is 1290. The monoisotopic (exact) mass is 457 g/mol. The molecular weight excluding hydrogens is 434 g/mol. The summed E-state index contributed by atoms with van der Waals surface area (Å²) in [5.41, 5.74) is 3.87. The highest BCUT2D eigenvalue weighted by Gasteiger charge is 2.14. The smallest absolute Gasteiger partial charge is 0.255 e. The normalized spacial score (nSPS) is 10.6. The zero-order chi connectivity index (χ0) is 23.2. The Morgan fingerprint density at radius 1 is 0.909 bits per heavy atom. The van der Waals surface area contributed by atoms with Crippen LogP contribution in [0.25, 0.3) is 11.4 Å². The molecule has 2 amide bonds. The van der Waals surface area contributed by atoms with E-state index in [0.717, 1.165) is 16.8 Å². The summed E-state index contributed by atoms with van der Waals surface area (Å²) >= 11 is 1.32. The minimum absolute atomic E-state index is 0.107. The Morgan fingerprint density at radius 3 is 2.45 bits per heavy atom. The van der Waals surface area contributed by atoms with E-state index in [2.05, 4.69) is 20.8 Å². The second-order valence-electron chi connectivity index (χ2n) is 7.42. The SMILES string of the molecule is Cc1ccccc1NC(=O)CSc1nnc(-c2cccc(NC(=O)c3ccccc3)c2)n1C. The lowest BCUT2D eigenvalue weighted by molar-refractivity contribution is -0.113. The number of amides is 2. The predicted molar refractivity (Wildman–Crippen MR) is 131 cm³/mol. The topological polar surface area (TPSA) is 88.9 Å². The summed E-state index contributed by atoms with van der Waals surface area (Å²) in [6.45, 7) is 1.95. The van der Waals surface area contributed by atoms with Gasteiger partial charge >= 0.3 is 0 Å². The molecule has 166 valence electrons. The van der Waals surface area contributed by atoms with Crippen molar-refractivity contribution in [3.05, 3.63) is 90.0 Å². The fourth-order valence-electron chi connectivity index (χ4n) is 3.25. The summed E-state index contributed by atoms with van der Waals surface area (Å²) in [6.07, 6.45) is 0. The van der Waals surface area contributed by atoms with Crippen molar-refractivity contribution in [1.82, 2.24) is 14.8 Å². The summed E-state index contributed by atoms with van der Waals surface area (Å²) in [5.74, 6) is 0.576. The summed E-state index contributed by atoms with van der Waals surface area (Å²) in [7, 11) is 1.85. The number of aromatic nitrogens is 3. The first-order valence-electron chi connectivity index (χ1n) is 10.4. The van der Waals surface area contributed by atoms with Gasteiger partial charge in [0.1, 0.15) is 0 Å². The van der Waals surface area contributed by atoms with Crippen molar-refractivity contribution in [1.29, 1.82) is 0 Å². The first kappa shape index (κ1) is 22.3. The van der Waals surface area contributed by atoms with Crippen molar-refractivity contribution in [2.75, 3.05) is 16.4 Å². The maximum Gasteiger partial charge on any atom is 0.255 e. The lowest BCUT2D eigenvalue weighted by atomic mass is 10.1. The van der Waals surface area contributed by atoms with E-state index in [0.29, 0.717) is 22.2 Å². The van der Waals surface area contributed by atoms with Crippen molar-refractivity contribution < 1.29 is 9.59 Å². The fraction of sp³-hybridized carbons (Fsp3) is 0.120. The molecular formula is C25H23N5O2S. The molecule has 0 radical (unpaired) electrons. The molecule has 0 aliphatic rings. The number of nitrogens with one attached hydrogen (secondary N) is 2. The molecule has 0 aliphatic heterocycles. The van der Waals surface area contributed by atoms with Gasteiger partial charge in [-0.05, 0) is 42.8 Å². The van der Waals surface area contributed by atoms with E-state index in [4.69, 9.17) is 0 Å². The van der Waals surface area contributed by atoms with Gasteiger partial charge in [-0.2, -0.15) is 0 Å². The van der Waals surface area contributed by atoms with Crippen molar-refractivity contribution in [2.24, 2.45) is 7.05 Å². The van der Waals surface area contributed by atoms with Crippen molar-refractivity contribution >= 4 is 35.0 Å². The molecule has 2 N–H and O–H groups in total. The molecule has 3 aromatic carbocycles. The van der Waals surface area contributed by atoms with Crippen LogP contribution >= 0.6 is 11.8 Å². The Hall–Kier alpha value is -3.91. The van der Waals surface area contributed by atoms with E-state index >= 15 is 0 Å². The van der Waals surface area contributed by atoms with Crippen LogP contribution in [0.15, 0.2) is 84.0 Å². The molecule has 0 fully saturated rings. The largest absolute Gasteiger partial charge is 0.325 e. The van der Waals surface area contributed by atoms with Gasteiger partial charge in [0.05, 0.1) is 5.75 Å². The van der Waals surface area contributed by atoms with Gasteiger partial charge in [-0.1, -0.05) is 60.3 Å². The number of anilines is 2. The molecule has 1 aromatic heterocycles. The van der Waals surface area contributed by atoms with E-state index < -0.39 is 0 Å². The molecule has 0 unspecified atom stereocenters. The number of benzene rings is 3. The second kappa shape index (κ2) is 10.1. The molecule has 0 saturated heterocycles. The van der Waals surface area contributed by atoms with Gasteiger partial charge in [0.25, 0.3) is 5.91 Å². The zero-order valence-electron chi connectivity index (χ0n) is 18.3. The van der Waals surface area contributed by atoms with Crippen LogP contribution in [0.1, 0.15) is 15.9 Å².